The van der Waals surface area contributed by atoms with Crippen LogP contribution in [0.2, 0.25) is 0 Å². The second kappa shape index (κ2) is 5.08. The van der Waals surface area contributed by atoms with Gasteiger partial charge in [0.15, 0.2) is 0 Å². The maximum atomic E-state index is 11.4. The molecule has 0 aromatic heterocycles. The average molecular weight is 248 g/mol. The van der Waals surface area contributed by atoms with Gasteiger partial charge < -0.3 is 9.84 Å². The van der Waals surface area contributed by atoms with Crippen LogP contribution < -0.4 is 10.2 Å². The van der Waals surface area contributed by atoms with Crippen molar-refractivity contribution in [2.75, 3.05) is 7.11 Å². The number of carbonyl (C=O) groups is 1. The van der Waals surface area contributed by atoms with Gasteiger partial charge in [0.2, 0.25) is 5.91 Å². The molecule has 0 spiro atoms. The molecule has 0 aliphatic heterocycles. The highest BCUT2D eigenvalue weighted by atomic mass is 16.5. The predicted molar refractivity (Wildman–Crippen MR) is 67.7 cm³/mol. The summed E-state index contributed by atoms with van der Waals surface area (Å²) in [6.45, 7) is 1.73. The summed E-state index contributed by atoms with van der Waals surface area (Å²) in [5.74, 6) is 0.718. The first-order valence-electron chi connectivity index (χ1n) is 5.83. The first-order chi connectivity index (χ1) is 8.61. The van der Waals surface area contributed by atoms with E-state index in [4.69, 9.17) is 4.74 Å². The van der Waals surface area contributed by atoms with Crippen molar-refractivity contribution in [2.24, 2.45) is 11.0 Å². The Bertz CT molecular complexity index is 493. The molecule has 1 saturated carbocycles. The Kier molecular flexibility index (Phi) is 3.50. The molecule has 1 aliphatic carbocycles. The molecule has 0 atom stereocenters. The third kappa shape index (κ3) is 2.80. The quantitative estimate of drug-likeness (QED) is 0.628. The van der Waals surface area contributed by atoms with Crippen molar-refractivity contribution < 1.29 is 14.6 Å². The molecule has 5 heteroatoms. The number of hydrogen-bond acceptors (Lipinski definition) is 4. The molecular weight excluding hydrogens is 232 g/mol. The molecule has 1 fully saturated rings. The number of nitrogens with one attached hydrogen (secondary N) is 1. The van der Waals surface area contributed by atoms with Gasteiger partial charge in [0, 0.05) is 17.5 Å². The van der Waals surface area contributed by atoms with Crippen LogP contribution in [0, 0.1) is 5.92 Å². The summed E-state index contributed by atoms with van der Waals surface area (Å²) in [5, 5.41) is 13.8. The Morgan fingerprint density at radius 1 is 1.50 bits per heavy atom. The highest BCUT2D eigenvalue weighted by Gasteiger charge is 2.29. The first kappa shape index (κ1) is 12.4. The summed E-state index contributed by atoms with van der Waals surface area (Å²) in [6.07, 6.45) is 1.88. The molecule has 0 radical (unpaired) electrons. The van der Waals surface area contributed by atoms with Gasteiger partial charge in [-0.3, -0.25) is 4.79 Å². The lowest BCUT2D eigenvalue weighted by atomic mass is 10.1. The largest absolute Gasteiger partial charge is 0.507 e. The molecule has 1 aliphatic rings. The summed E-state index contributed by atoms with van der Waals surface area (Å²) in [4.78, 5) is 11.4. The zero-order valence-electron chi connectivity index (χ0n) is 10.4. The van der Waals surface area contributed by atoms with Crippen LogP contribution in [0.3, 0.4) is 0 Å². The number of phenolic OH excluding ortho intramolecular Hbond substituents is 1. The fourth-order valence-corrected chi connectivity index (χ4v) is 1.58. The lowest BCUT2D eigenvalue weighted by Gasteiger charge is -2.06. The van der Waals surface area contributed by atoms with Gasteiger partial charge in [0.25, 0.3) is 0 Å². The number of hydrogen-bond donors (Lipinski definition) is 2. The minimum Gasteiger partial charge on any atom is -0.507 e. The van der Waals surface area contributed by atoms with Crippen LogP contribution in [0.4, 0.5) is 0 Å². The van der Waals surface area contributed by atoms with Crippen molar-refractivity contribution in [3.05, 3.63) is 23.8 Å². The van der Waals surface area contributed by atoms with Crippen LogP contribution in [-0.2, 0) is 4.79 Å². The zero-order chi connectivity index (χ0) is 13.1. The van der Waals surface area contributed by atoms with E-state index in [2.05, 4.69) is 10.5 Å². The Labute approximate surface area is 105 Å². The van der Waals surface area contributed by atoms with E-state index in [9.17, 15) is 9.90 Å². The van der Waals surface area contributed by atoms with E-state index in [1.807, 2.05) is 0 Å². The zero-order valence-corrected chi connectivity index (χ0v) is 10.4. The summed E-state index contributed by atoms with van der Waals surface area (Å²) in [6, 6.07) is 4.95. The molecule has 0 bridgehead atoms. The van der Waals surface area contributed by atoms with E-state index >= 15 is 0 Å². The third-order valence-electron chi connectivity index (χ3n) is 2.88. The maximum Gasteiger partial charge on any atom is 0.243 e. The molecule has 2 N–H and O–H groups in total. The topological polar surface area (TPSA) is 70.9 Å². The predicted octanol–water partition coefficient (Wildman–Crippen LogP) is 1.65. The smallest absolute Gasteiger partial charge is 0.243 e. The summed E-state index contributed by atoms with van der Waals surface area (Å²) in [5.41, 5.74) is 3.64. The fourth-order valence-electron chi connectivity index (χ4n) is 1.58. The molecule has 5 nitrogen and oxygen atoms in total. The van der Waals surface area contributed by atoms with Crippen LogP contribution >= 0.6 is 0 Å². The van der Waals surface area contributed by atoms with Gasteiger partial charge in [-0.2, -0.15) is 5.10 Å². The molecule has 96 valence electrons. The molecule has 2 rings (SSSR count). The Morgan fingerprint density at radius 2 is 2.22 bits per heavy atom. The van der Waals surface area contributed by atoms with Crippen molar-refractivity contribution in [3.63, 3.8) is 0 Å². The lowest BCUT2D eigenvalue weighted by molar-refractivity contribution is -0.122. The molecule has 0 saturated heterocycles. The summed E-state index contributed by atoms with van der Waals surface area (Å²) >= 11 is 0. The number of aromatic hydroxyl groups is 1. The molecule has 18 heavy (non-hydrogen) atoms. The highest BCUT2D eigenvalue weighted by molar-refractivity contribution is 6.01. The van der Waals surface area contributed by atoms with Crippen molar-refractivity contribution in [2.45, 2.75) is 19.8 Å². The molecule has 0 unspecified atom stereocenters. The Balaban J connectivity index is 2.09. The van der Waals surface area contributed by atoms with Gasteiger partial charge in [0.05, 0.1) is 12.8 Å². The number of amides is 1. The first-order valence-corrected chi connectivity index (χ1v) is 5.83. The van der Waals surface area contributed by atoms with Crippen LogP contribution in [0.25, 0.3) is 0 Å². The van der Waals surface area contributed by atoms with Gasteiger partial charge in [-0.05, 0) is 31.9 Å². The van der Waals surface area contributed by atoms with E-state index in [1.165, 1.54) is 13.2 Å². The normalized spacial score (nSPS) is 15.3. The molecule has 0 heterocycles. The standard InChI is InChI=1S/C13H16N2O3/c1-8(14-15-13(17)9-3-4-9)11-6-5-10(18-2)7-12(11)16/h5-7,9,16H,3-4H2,1-2H3,(H,15,17)/b14-8+. The van der Waals surface area contributed by atoms with Crippen LogP contribution in [0.5, 0.6) is 11.5 Å². The summed E-state index contributed by atoms with van der Waals surface area (Å²) < 4.78 is 5.00. The van der Waals surface area contributed by atoms with Crippen LogP contribution in [0.15, 0.2) is 23.3 Å². The number of nitrogens with zero attached hydrogens (tertiary/aromatic N) is 1. The fraction of sp³-hybridized carbons (Fsp3) is 0.385. The van der Waals surface area contributed by atoms with Gasteiger partial charge in [-0.15, -0.1) is 0 Å². The minimum absolute atomic E-state index is 0.0534. The van der Waals surface area contributed by atoms with Gasteiger partial charge in [0.1, 0.15) is 11.5 Å². The van der Waals surface area contributed by atoms with E-state index < -0.39 is 0 Å². The number of phenols is 1. The van der Waals surface area contributed by atoms with Gasteiger partial charge in [-0.25, -0.2) is 5.43 Å². The summed E-state index contributed by atoms with van der Waals surface area (Å²) in [7, 11) is 1.53. The number of ether oxygens (including phenoxy) is 1. The highest BCUT2D eigenvalue weighted by Crippen LogP contribution is 2.29. The SMILES string of the molecule is COc1ccc(/C(C)=N/NC(=O)C2CC2)c(O)c1. The molecular formula is C13H16N2O3. The number of hydrazone groups is 1. The second-order valence-electron chi connectivity index (χ2n) is 4.33. The van der Waals surface area contributed by atoms with Gasteiger partial charge >= 0.3 is 0 Å². The minimum atomic E-state index is -0.0534. The third-order valence-corrected chi connectivity index (χ3v) is 2.88. The Morgan fingerprint density at radius 3 is 2.78 bits per heavy atom. The number of carbonyl (C=O) groups excluding carboxylic acids is 1. The van der Waals surface area contributed by atoms with E-state index in [-0.39, 0.29) is 17.6 Å². The number of methoxy groups -OCH3 is 1. The van der Waals surface area contributed by atoms with Crippen molar-refractivity contribution in [3.8, 4) is 11.5 Å². The monoisotopic (exact) mass is 248 g/mol. The van der Waals surface area contributed by atoms with Crippen molar-refractivity contribution >= 4 is 11.6 Å². The van der Waals surface area contributed by atoms with Crippen LogP contribution in [0.1, 0.15) is 25.3 Å². The number of benzene rings is 1. The number of rotatable bonds is 4. The molecule has 1 aromatic carbocycles. The van der Waals surface area contributed by atoms with E-state index in [0.29, 0.717) is 17.0 Å². The van der Waals surface area contributed by atoms with Crippen molar-refractivity contribution in [1.29, 1.82) is 0 Å². The Hall–Kier alpha value is -2.04. The molecule has 1 amide bonds. The van der Waals surface area contributed by atoms with Gasteiger partial charge in [-0.1, -0.05) is 0 Å². The van der Waals surface area contributed by atoms with E-state index in [0.717, 1.165) is 12.8 Å². The maximum absolute atomic E-state index is 11.4. The average Bonchev–Trinajstić information content (AvgIpc) is 3.19. The van der Waals surface area contributed by atoms with E-state index in [1.54, 1.807) is 19.1 Å². The van der Waals surface area contributed by atoms with Crippen molar-refractivity contribution in [1.82, 2.24) is 5.43 Å². The second-order valence-corrected chi connectivity index (χ2v) is 4.33. The lowest BCUT2D eigenvalue weighted by Crippen LogP contribution is -2.20. The molecule has 1 aromatic rings. The van der Waals surface area contributed by atoms with Crippen LogP contribution in [-0.4, -0.2) is 23.8 Å².